The lowest BCUT2D eigenvalue weighted by molar-refractivity contribution is -0.124. The second-order valence-corrected chi connectivity index (χ2v) is 5.92. The third-order valence-corrected chi connectivity index (χ3v) is 4.30. The smallest absolute Gasteiger partial charge is 0.235 e. The molecule has 0 atom stereocenters. The van der Waals surface area contributed by atoms with Gasteiger partial charge in [0.05, 0.1) is 12.6 Å². The summed E-state index contributed by atoms with van der Waals surface area (Å²) in [4.78, 5) is 14.2. The monoisotopic (exact) mass is 264 g/mol. The van der Waals surface area contributed by atoms with Crippen LogP contribution in [0.25, 0.3) is 0 Å². The Hall–Kier alpha value is -1.12. The first-order chi connectivity index (χ1) is 9.13. The van der Waals surface area contributed by atoms with E-state index < -0.39 is 5.54 Å². The van der Waals surface area contributed by atoms with Crippen molar-refractivity contribution in [3.8, 4) is 6.07 Å². The van der Waals surface area contributed by atoms with Gasteiger partial charge in [0.15, 0.2) is 0 Å². The van der Waals surface area contributed by atoms with E-state index in [0.29, 0.717) is 6.54 Å². The second kappa shape index (κ2) is 6.36. The van der Waals surface area contributed by atoms with E-state index >= 15 is 0 Å². The van der Waals surface area contributed by atoms with Gasteiger partial charge >= 0.3 is 0 Å². The molecule has 1 saturated carbocycles. The van der Waals surface area contributed by atoms with Crippen LogP contribution in [0.5, 0.6) is 0 Å². The van der Waals surface area contributed by atoms with E-state index in [1.165, 1.54) is 6.42 Å². The quantitative estimate of drug-likeness (QED) is 0.788. The van der Waals surface area contributed by atoms with Crippen LogP contribution in [0.1, 0.15) is 44.9 Å². The molecule has 0 spiro atoms. The van der Waals surface area contributed by atoms with Crippen LogP contribution < -0.4 is 11.1 Å². The van der Waals surface area contributed by atoms with Gasteiger partial charge in [-0.25, -0.2) is 0 Å². The Bertz CT molecular complexity index is 349. The Morgan fingerprint density at radius 2 is 1.95 bits per heavy atom. The Kier molecular flexibility index (Phi) is 4.78. The molecule has 0 radical (unpaired) electrons. The van der Waals surface area contributed by atoms with Crippen molar-refractivity contribution in [1.82, 2.24) is 10.2 Å². The van der Waals surface area contributed by atoms with E-state index in [-0.39, 0.29) is 11.9 Å². The third-order valence-electron chi connectivity index (χ3n) is 4.30. The molecule has 2 rings (SSSR count). The SMILES string of the molecule is N#CC1(NC(=O)CN2CCC(N)CC2)CCCCC1. The van der Waals surface area contributed by atoms with Crippen molar-refractivity contribution in [2.45, 2.75) is 56.5 Å². The van der Waals surface area contributed by atoms with Gasteiger partial charge in [0.2, 0.25) is 5.91 Å². The van der Waals surface area contributed by atoms with E-state index in [1.807, 2.05) is 0 Å². The Morgan fingerprint density at radius 3 is 2.53 bits per heavy atom. The lowest BCUT2D eigenvalue weighted by Crippen LogP contribution is -2.52. The summed E-state index contributed by atoms with van der Waals surface area (Å²) in [6.45, 7) is 2.17. The fourth-order valence-corrected chi connectivity index (χ4v) is 3.04. The van der Waals surface area contributed by atoms with Crippen molar-refractivity contribution in [1.29, 1.82) is 5.26 Å². The molecule has 1 heterocycles. The molecule has 2 fully saturated rings. The standard InChI is InChI=1S/C14H24N4O/c15-11-14(6-2-1-3-7-14)17-13(19)10-18-8-4-12(16)5-9-18/h12H,1-10,16H2,(H,17,19). The molecule has 1 aliphatic carbocycles. The van der Waals surface area contributed by atoms with Gasteiger partial charge in [-0.1, -0.05) is 19.3 Å². The van der Waals surface area contributed by atoms with Gasteiger partial charge in [0.1, 0.15) is 5.54 Å². The molecule has 106 valence electrons. The number of carbonyl (C=O) groups is 1. The van der Waals surface area contributed by atoms with Crippen LogP contribution >= 0.6 is 0 Å². The zero-order chi connectivity index (χ0) is 13.7. The normalized spacial score (nSPS) is 24.6. The van der Waals surface area contributed by atoms with Gasteiger partial charge in [-0.2, -0.15) is 5.26 Å². The summed E-state index contributed by atoms with van der Waals surface area (Å²) >= 11 is 0. The van der Waals surface area contributed by atoms with Gasteiger partial charge in [-0.05, 0) is 25.7 Å². The maximum absolute atomic E-state index is 12.1. The minimum Gasteiger partial charge on any atom is -0.337 e. The van der Waals surface area contributed by atoms with Gasteiger partial charge in [-0.15, -0.1) is 0 Å². The summed E-state index contributed by atoms with van der Waals surface area (Å²) in [7, 11) is 0. The summed E-state index contributed by atoms with van der Waals surface area (Å²) in [5.74, 6) is -0.0149. The number of hydrogen-bond acceptors (Lipinski definition) is 4. The molecule has 0 bridgehead atoms. The zero-order valence-corrected chi connectivity index (χ0v) is 11.5. The van der Waals surface area contributed by atoms with E-state index in [9.17, 15) is 10.1 Å². The lowest BCUT2D eigenvalue weighted by Gasteiger charge is -2.34. The lowest BCUT2D eigenvalue weighted by atomic mass is 9.83. The Morgan fingerprint density at radius 1 is 1.32 bits per heavy atom. The van der Waals surface area contributed by atoms with Crippen molar-refractivity contribution in [3.05, 3.63) is 0 Å². The molecule has 1 aliphatic heterocycles. The molecule has 5 nitrogen and oxygen atoms in total. The van der Waals surface area contributed by atoms with Crippen LogP contribution in [0.4, 0.5) is 0 Å². The highest BCUT2D eigenvalue weighted by Crippen LogP contribution is 2.27. The average molecular weight is 264 g/mol. The molecule has 1 saturated heterocycles. The topological polar surface area (TPSA) is 82.2 Å². The highest BCUT2D eigenvalue weighted by atomic mass is 16.2. The number of nitrogens with zero attached hydrogens (tertiary/aromatic N) is 2. The van der Waals surface area contributed by atoms with Crippen molar-refractivity contribution < 1.29 is 4.79 Å². The highest BCUT2D eigenvalue weighted by Gasteiger charge is 2.33. The van der Waals surface area contributed by atoms with Crippen LogP contribution in [0.15, 0.2) is 0 Å². The summed E-state index contributed by atoms with van der Waals surface area (Å²) in [6.07, 6.45) is 6.73. The molecule has 0 aromatic heterocycles. The zero-order valence-electron chi connectivity index (χ0n) is 11.5. The maximum Gasteiger partial charge on any atom is 0.235 e. The van der Waals surface area contributed by atoms with Crippen LogP contribution in [0, 0.1) is 11.3 Å². The van der Waals surface area contributed by atoms with Gasteiger partial charge in [0.25, 0.3) is 0 Å². The van der Waals surface area contributed by atoms with E-state index in [4.69, 9.17) is 5.73 Å². The first-order valence-electron chi connectivity index (χ1n) is 7.34. The van der Waals surface area contributed by atoms with Crippen LogP contribution in [-0.4, -0.2) is 42.0 Å². The van der Waals surface area contributed by atoms with Crippen LogP contribution in [-0.2, 0) is 4.79 Å². The van der Waals surface area contributed by atoms with Crippen LogP contribution in [0.2, 0.25) is 0 Å². The Labute approximate surface area is 115 Å². The third kappa shape index (κ3) is 3.92. The number of piperidine rings is 1. The number of nitrogens with one attached hydrogen (secondary N) is 1. The van der Waals surface area contributed by atoms with E-state index in [2.05, 4.69) is 16.3 Å². The summed E-state index contributed by atoms with van der Waals surface area (Å²) in [6, 6.07) is 2.60. The summed E-state index contributed by atoms with van der Waals surface area (Å²) < 4.78 is 0. The predicted molar refractivity (Wildman–Crippen MR) is 73.2 cm³/mol. The summed E-state index contributed by atoms with van der Waals surface area (Å²) in [5, 5.41) is 12.3. The highest BCUT2D eigenvalue weighted by molar-refractivity contribution is 5.79. The average Bonchev–Trinajstić information content (AvgIpc) is 2.42. The van der Waals surface area contributed by atoms with Crippen LogP contribution in [0.3, 0.4) is 0 Å². The number of nitriles is 1. The largest absolute Gasteiger partial charge is 0.337 e. The minimum absolute atomic E-state index is 0.0149. The Balaban J connectivity index is 1.81. The molecule has 5 heteroatoms. The first kappa shape index (κ1) is 14.3. The van der Waals surface area contributed by atoms with Crippen molar-refractivity contribution in [3.63, 3.8) is 0 Å². The molecule has 19 heavy (non-hydrogen) atoms. The maximum atomic E-state index is 12.1. The minimum atomic E-state index is -0.610. The summed E-state index contributed by atoms with van der Waals surface area (Å²) in [5.41, 5.74) is 5.24. The molecule has 3 N–H and O–H groups in total. The molecular formula is C14H24N4O. The molecule has 2 aliphatic rings. The predicted octanol–water partition coefficient (Wildman–Crippen LogP) is 0.752. The number of rotatable bonds is 3. The van der Waals surface area contributed by atoms with Gasteiger partial charge in [-0.3, -0.25) is 9.69 Å². The number of nitrogens with two attached hydrogens (primary N) is 1. The number of hydrogen-bond donors (Lipinski definition) is 2. The van der Waals surface area contributed by atoms with Crippen molar-refractivity contribution >= 4 is 5.91 Å². The first-order valence-corrected chi connectivity index (χ1v) is 7.34. The van der Waals surface area contributed by atoms with Gasteiger partial charge < -0.3 is 11.1 Å². The number of carbonyl (C=O) groups excluding carboxylic acids is 1. The van der Waals surface area contributed by atoms with Crippen molar-refractivity contribution in [2.24, 2.45) is 5.73 Å². The second-order valence-electron chi connectivity index (χ2n) is 5.92. The molecule has 0 unspecified atom stereocenters. The molecular weight excluding hydrogens is 240 g/mol. The molecule has 0 aromatic carbocycles. The molecule has 0 aromatic rings. The number of amides is 1. The van der Waals surface area contributed by atoms with E-state index in [0.717, 1.165) is 51.6 Å². The molecule has 1 amide bonds. The van der Waals surface area contributed by atoms with E-state index in [1.54, 1.807) is 0 Å². The van der Waals surface area contributed by atoms with Gasteiger partial charge in [0, 0.05) is 19.1 Å². The fourth-order valence-electron chi connectivity index (χ4n) is 3.04. The van der Waals surface area contributed by atoms with Crippen molar-refractivity contribution in [2.75, 3.05) is 19.6 Å². The number of likely N-dealkylation sites (tertiary alicyclic amines) is 1. The fraction of sp³-hybridized carbons (Fsp3) is 0.857.